The van der Waals surface area contributed by atoms with Crippen LogP contribution in [-0.2, 0) is 5.54 Å². The Balaban J connectivity index is 1.85. The Labute approximate surface area is 166 Å². The van der Waals surface area contributed by atoms with E-state index in [4.69, 9.17) is 0 Å². The first-order chi connectivity index (χ1) is 13.4. The molecule has 1 aliphatic heterocycles. The molecule has 27 heavy (non-hydrogen) atoms. The molecule has 4 aromatic rings. The second-order valence-electron chi connectivity index (χ2n) is 6.70. The normalized spacial score (nSPS) is 14.1. The van der Waals surface area contributed by atoms with Gasteiger partial charge in [-0.2, -0.15) is 0 Å². The molecule has 0 amide bonds. The fraction of sp³-hybridized carbons (Fsp3) is 0.0400. The van der Waals surface area contributed by atoms with E-state index in [0.717, 1.165) is 5.69 Å². The second kappa shape index (κ2) is 6.74. The molecule has 0 radical (unpaired) electrons. The van der Waals surface area contributed by atoms with Gasteiger partial charge in [-0.15, -0.1) is 0 Å². The van der Waals surface area contributed by atoms with Gasteiger partial charge in [0.25, 0.3) is 0 Å². The van der Waals surface area contributed by atoms with Crippen molar-refractivity contribution >= 4 is 29.6 Å². The molecule has 2 heteroatoms. The molecule has 0 aromatic heterocycles. The molecule has 0 aliphatic carbocycles. The topological polar surface area (TPSA) is 12.0 Å². The Morgan fingerprint density at radius 3 is 1.59 bits per heavy atom. The van der Waals surface area contributed by atoms with Crippen LogP contribution in [-0.4, -0.2) is 15.0 Å². The van der Waals surface area contributed by atoms with E-state index in [-0.39, 0.29) is 0 Å². The van der Waals surface area contributed by atoms with Crippen molar-refractivity contribution in [2.75, 3.05) is 5.32 Å². The molecule has 1 nitrogen and oxygen atoms in total. The van der Waals surface area contributed by atoms with Crippen molar-refractivity contribution in [3.63, 3.8) is 0 Å². The van der Waals surface area contributed by atoms with Crippen LogP contribution < -0.4 is 14.2 Å². The number of benzene rings is 4. The maximum atomic E-state index is 3.93. The number of hydrogen-bond donors (Lipinski definition) is 1. The zero-order valence-electron chi connectivity index (χ0n) is 14.8. The molecular formula is C25H19NSe. The summed E-state index contributed by atoms with van der Waals surface area (Å²) in [5.41, 5.74) is 4.72. The minimum atomic E-state index is -0.393. The molecule has 0 bridgehead atoms. The van der Waals surface area contributed by atoms with E-state index in [1.54, 1.807) is 0 Å². The Morgan fingerprint density at radius 1 is 0.519 bits per heavy atom. The van der Waals surface area contributed by atoms with Gasteiger partial charge < -0.3 is 0 Å². The Morgan fingerprint density at radius 2 is 1.00 bits per heavy atom. The molecule has 0 fully saturated rings. The predicted molar refractivity (Wildman–Crippen MR) is 114 cm³/mol. The Bertz CT molecular complexity index is 1030. The van der Waals surface area contributed by atoms with Crippen LogP contribution in [0.2, 0.25) is 0 Å². The summed E-state index contributed by atoms with van der Waals surface area (Å²) in [6.07, 6.45) is 0. The summed E-state index contributed by atoms with van der Waals surface area (Å²) in [7, 11) is 0. The molecule has 1 N–H and O–H groups in total. The van der Waals surface area contributed by atoms with Crippen molar-refractivity contribution in [3.8, 4) is 0 Å². The van der Waals surface area contributed by atoms with Crippen LogP contribution in [0.4, 0.5) is 5.69 Å². The van der Waals surface area contributed by atoms with Crippen molar-refractivity contribution in [3.05, 3.63) is 126 Å². The maximum absolute atomic E-state index is 3.93. The summed E-state index contributed by atoms with van der Waals surface area (Å²) in [5.74, 6) is 0. The zero-order valence-corrected chi connectivity index (χ0v) is 16.5. The number of nitrogens with one attached hydrogen (secondary N) is 1. The monoisotopic (exact) mass is 413 g/mol. The van der Waals surface area contributed by atoms with Crippen molar-refractivity contribution in [2.24, 2.45) is 0 Å². The van der Waals surface area contributed by atoms with Gasteiger partial charge >= 0.3 is 166 Å². The predicted octanol–water partition coefficient (Wildman–Crippen LogP) is 4.06. The summed E-state index contributed by atoms with van der Waals surface area (Å²) in [4.78, 5) is 0. The first-order valence-electron chi connectivity index (χ1n) is 9.13. The first kappa shape index (κ1) is 16.4. The number of hydrogen-bond acceptors (Lipinski definition) is 1. The Hall–Kier alpha value is -2.80. The number of rotatable bonds is 3. The number of anilines is 1. The summed E-state index contributed by atoms with van der Waals surface area (Å²) >= 11 is 0.309. The molecule has 4 aromatic carbocycles. The van der Waals surface area contributed by atoms with E-state index >= 15 is 0 Å². The van der Waals surface area contributed by atoms with Gasteiger partial charge in [0, 0.05) is 0 Å². The first-order valence-corrected chi connectivity index (χ1v) is 10.8. The molecule has 0 saturated carbocycles. The SMILES string of the molecule is c1ccc(NC2(c3ccccc3)c3ccccc3[Se]c3ccccc32)cc1. The molecule has 0 unspecified atom stereocenters. The van der Waals surface area contributed by atoms with Gasteiger partial charge in [-0.05, 0) is 0 Å². The van der Waals surface area contributed by atoms with Gasteiger partial charge in [0.05, 0.1) is 0 Å². The molecule has 1 heterocycles. The quantitative estimate of drug-likeness (QED) is 0.501. The van der Waals surface area contributed by atoms with Crippen molar-refractivity contribution < 1.29 is 0 Å². The van der Waals surface area contributed by atoms with Crippen molar-refractivity contribution in [2.45, 2.75) is 5.54 Å². The van der Waals surface area contributed by atoms with Gasteiger partial charge in [0.15, 0.2) is 0 Å². The van der Waals surface area contributed by atoms with Gasteiger partial charge in [0.2, 0.25) is 0 Å². The van der Waals surface area contributed by atoms with E-state index in [2.05, 4.69) is 115 Å². The average molecular weight is 412 g/mol. The van der Waals surface area contributed by atoms with Gasteiger partial charge in [-0.25, -0.2) is 0 Å². The summed E-state index contributed by atoms with van der Waals surface area (Å²) in [6, 6.07) is 39.2. The van der Waals surface area contributed by atoms with E-state index in [1.165, 1.54) is 25.6 Å². The molecule has 0 spiro atoms. The van der Waals surface area contributed by atoms with E-state index in [0.29, 0.717) is 15.0 Å². The number of fused-ring (bicyclic) bond motifs is 2. The third kappa shape index (κ3) is 2.69. The second-order valence-corrected chi connectivity index (χ2v) is 8.98. The van der Waals surface area contributed by atoms with Gasteiger partial charge in [-0.3, -0.25) is 0 Å². The molecule has 5 rings (SSSR count). The molecule has 0 saturated heterocycles. The third-order valence-electron chi connectivity index (χ3n) is 5.11. The third-order valence-corrected chi connectivity index (χ3v) is 7.53. The molecule has 0 atom stereocenters. The molecule has 130 valence electrons. The fourth-order valence-electron chi connectivity index (χ4n) is 3.94. The Kier molecular flexibility index (Phi) is 4.09. The van der Waals surface area contributed by atoms with Crippen LogP contribution in [0.15, 0.2) is 109 Å². The van der Waals surface area contributed by atoms with Gasteiger partial charge in [0.1, 0.15) is 0 Å². The summed E-state index contributed by atoms with van der Waals surface area (Å²) in [5, 5.41) is 3.93. The van der Waals surface area contributed by atoms with Crippen LogP contribution in [0.5, 0.6) is 0 Å². The molecule has 1 aliphatic rings. The number of para-hydroxylation sites is 1. The van der Waals surface area contributed by atoms with E-state index in [9.17, 15) is 0 Å². The summed E-state index contributed by atoms with van der Waals surface area (Å²) in [6.45, 7) is 0. The average Bonchev–Trinajstić information content (AvgIpc) is 2.75. The van der Waals surface area contributed by atoms with Crippen LogP contribution in [0, 0.1) is 0 Å². The van der Waals surface area contributed by atoms with E-state index in [1.807, 2.05) is 0 Å². The molecular weight excluding hydrogens is 393 g/mol. The van der Waals surface area contributed by atoms with Crippen LogP contribution in [0.25, 0.3) is 0 Å². The van der Waals surface area contributed by atoms with Crippen molar-refractivity contribution in [1.82, 2.24) is 0 Å². The van der Waals surface area contributed by atoms with Crippen molar-refractivity contribution in [1.29, 1.82) is 0 Å². The van der Waals surface area contributed by atoms with Crippen LogP contribution in [0.3, 0.4) is 0 Å². The van der Waals surface area contributed by atoms with Gasteiger partial charge in [-0.1, -0.05) is 0 Å². The summed E-state index contributed by atoms with van der Waals surface area (Å²) < 4.78 is 2.88. The van der Waals surface area contributed by atoms with Crippen LogP contribution >= 0.6 is 0 Å². The standard InChI is InChI=1S/C25H19NSe/c1-3-11-19(12-4-1)25(26-20-13-5-2-6-14-20)21-15-7-9-17-23(21)27-24-18-10-8-16-22(24)25/h1-18,26H. The van der Waals surface area contributed by atoms with E-state index < -0.39 is 5.54 Å². The van der Waals surface area contributed by atoms with Crippen LogP contribution in [0.1, 0.15) is 16.7 Å². The minimum absolute atomic E-state index is 0.309. The zero-order chi connectivity index (χ0) is 18.1. The fourth-order valence-corrected chi connectivity index (χ4v) is 6.44.